The fourth-order valence-electron chi connectivity index (χ4n) is 3.54. The second kappa shape index (κ2) is 13.9. The molecule has 3 aromatic rings. The van der Waals surface area contributed by atoms with Crippen LogP contribution < -0.4 is 14.2 Å². The Balaban J connectivity index is 1.74. The van der Waals surface area contributed by atoms with Gasteiger partial charge in [-0.25, -0.2) is 14.4 Å². The number of ether oxygens (including phenoxy) is 6. The maximum absolute atomic E-state index is 12.8. The first-order valence-electron chi connectivity index (χ1n) is 12.3. The van der Waals surface area contributed by atoms with Crippen LogP contribution in [0, 0.1) is 5.41 Å². The van der Waals surface area contributed by atoms with Gasteiger partial charge >= 0.3 is 17.9 Å². The molecular weight excluding hydrogens is 504 g/mol. The van der Waals surface area contributed by atoms with Crippen LogP contribution in [0.2, 0.25) is 0 Å². The molecular formula is C30H32O9. The van der Waals surface area contributed by atoms with Gasteiger partial charge in [-0.2, -0.15) is 0 Å². The van der Waals surface area contributed by atoms with Crippen molar-refractivity contribution in [3.8, 4) is 17.2 Å². The summed E-state index contributed by atoms with van der Waals surface area (Å²) in [7, 11) is 4.56. The number of carbonyl (C=O) groups excluding carboxylic acids is 3. The lowest BCUT2D eigenvalue weighted by Crippen LogP contribution is -2.39. The summed E-state index contributed by atoms with van der Waals surface area (Å²) in [5, 5.41) is 0. The van der Waals surface area contributed by atoms with E-state index in [1.54, 1.807) is 72.8 Å². The minimum absolute atomic E-state index is 0.157. The molecule has 0 aliphatic heterocycles. The molecule has 0 saturated carbocycles. The molecule has 0 fully saturated rings. The highest BCUT2D eigenvalue weighted by Crippen LogP contribution is 2.27. The first-order valence-corrected chi connectivity index (χ1v) is 12.3. The third kappa shape index (κ3) is 7.98. The highest BCUT2D eigenvalue weighted by Gasteiger charge is 2.35. The third-order valence-electron chi connectivity index (χ3n) is 6.24. The lowest BCUT2D eigenvalue weighted by molar-refractivity contribution is -0.0381. The van der Waals surface area contributed by atoms with Crippen molar-refractivity contribution in [2.75, 3.05) is 41.2 Å². The van der Waals surface area contributed by atoms with Crippen molar-refractivity contribution >= 4 is 17.9 Å². The zero-order valence-corrected chi connectivity index (χ0v) is 22.4. The average molecular weight is 537 g/mol. The van der Waals surface area contributed by atoms with Gasteiger partial charge in [-0.3, -0.25) is 0 Å². The van der Waals surface area contributed by atoms with Crippen LogP contribution in [0.15, 0.2) is 72.8 Å². The third-order valence-corrected chi connectivity index (χ3v) is 6.24. The molecule has 0 aliphatic rings. The number of benzene rings is 3. The van der Waals surface area contributed by atoms with Gasteiger partial charge in [0, 0.05) is 0 Å². The Bertz CT molecular complexity index is 1190. The Morgan fingerprint density at radius 1 is 0.564 bits per heavy atom. The number of hydrogen-bond donors (Lipinski definition) is 0. The van der Waals surface area contributed by atoms with Crippen molar-refractivity contribution in [2.24, 2.45) is 5.41 Å². The first-order chi connectivity index (χ1) is 18.8. The number of carbonyl (C=O) groups is 3. The Hall–Kier alpha value is -4.53. The Labute approximate surface area is 227 Å². The molecule has 3 aromatic carbocycles. The second-order valence-electron chi connectivity index (χ2n) is 8.77. The van der Waals surface area contributed by atoms with E-state index in [2.05, 4.69) is 0 Å². The van der Waals surface area contributed by atoms with Crippen LogP contribution >= 0.6 is 0 Å². The van der Waals surface area contributed by atoms with Gasteiger partial charge < -0.3 is 28.4 Å². The predicted octanol–water partition coefficient (Wildman–Crippen LogP) is 4.98. The van der Waals surface area contributed by atoms with Crippen LogP contribution in [0.1, 0.15) is 44.4 Å². The maximum atomic E-state index is 12.8. The molecule has 9 heteroatoms. The van der Waals surface area contributed by atoms with Gasteiger partial charge in [0.05, 0.1) is 43.4 Å². The molecule has 0 spiro atoms. The topological polar surface area (TPSA) is 107 Å². The Morgan fingerprint density at radius 2 is 0.974 bits per heavy atom. The summed E-state index contributed by atoms with van der Waals surface area (Å²) in [6, 6.07) is 19.5. The maximum Gasteiger partial charge on any atom is 0.338 e. The van der Waals surface area contributed by atoms with Crippen molar-refractivity contribution < 1.29 is 42.8 Å². The molecule has 0 aromatic heterocycles. The lowest BCUT2D eigenvalue weighted by Gasteiger charge is -2.31. The zero-order chi connectivity index (χ0) is 28.3. The quantitative estimate of drug-likeness (QED) is 0.221. The van der Waals surface area contributed by atoms with Crippen LogP contribution in [-0.2, 0) is 14.2 Å². The van der Waals surface area contributed by atoms with Crippen LogP contribution in [-0.4, -0.2) is 59.1 Å². The molecule has 3 rings (SSSR count). The zero-order valence-electron chi connectivity index (χ0n) is 22.4. The summed E-state index contributed by atoms with van der Waals surface area (Å²) in [5.74, 6) is -0.0244. The van der Waals surface area contributed by atoms with Crippen molar-refractivity contribution in [2.45, 2.75) is 13.3 Å². The molecule has 0 amide bonds. The highest BCUT2D eigenvalue weighted by molar-refractivity contribution is 5.91. The standard InChI is InChI=1S/C30H32O9/c1-5-30(18-37-27(31)21-9-13-24(34-2)14-10-21,19-38-28(32)22-11-15-25(35-3)16-12-22)20-39-29(33)23-7-6-8-26(17-23)36-4/h6-17H,5,18-20H2,1-4H3. The van der Waals surface area contributed by atoms with Gasteiger partial charge in [0.25, 0.3) is 0 Å². The van der Waals surface area contributed by atoms with Gasteiger partial charge in [0.1, 0.15) is 37.1 Å². The monoisotopic (exact) mass is 536 g/mol. The van der Waals surface area contributed by atoms with Crippen molar-refractivity contribution in [3.05, 3.63) is 89.5 Å². The molecule has 0 radical (unpaired) electrons. The SMILES string of the molecule is CCC(COC(=O)c1ccc(OC)cc1)(COC(=O)c1ccc(OC)cc1)COC(=O)c1cccc(OC)c1. The van der Waals surface area contributed by atoms with E-state index in [0.29, 0.717) is 40.4 Å². The van der Waals surface area contributed by atoms with Crippen molar-refractivity contribution in [3.63, 3.8) is 0 Å². The second-order valence-corrected chi connectivity index (χ2v) is 8.77. The van der Waals surface area contributed by atoms with Gasteiger partial charge in [-0.05, 0) is 73.2 Å². The Kier molecular flexibility index (Phi) is 10.3. The van der Waals surface area contributed by atoms with Crippen LogP contribution in [0.25, 0.3) is 0 Å². The highest BCUT2D eigenvalue weighted by atomic mass is 16.6. The van der Waals surface area contributed by atoms with E-state index >= 15 is 0 Å². The Morgan fingerprint density at radius 3 is 1.36 bits per heavy atom. The normalized spacial score (nSPS) is 10.8. The van der Waals surface area contributed by atoms with Gasteiger partial charge in [0.15, 0.2) is 0 Å². The smallest absolute Gasteiger partial charge is 0.338 e. The molecule has 0 heterocycles. The molecule has 0 saturated heterocycles. The summed E-state index contributed by atoms with van der Waals surface area (Å²) in [6.07, 6.45) is 0.379. The van der Waals surface area contributed by atoms with Crippen molar-refractivity contribution in [1.82, 2.24) is 0 Å². The van der Waals surface area contributed by atoms with E-state index in [1.165, 1.54) is 21.3 Å². The molecule has 9 nitrogen and oxygen atoms in total. The van der Waals surface area contributed by atoms with E-state index in [4.69, 9.17) is 28.4 Å². The fraction of sp³-hybridized carbons (Fsp3) is 0.300. The minimum Gasteiger partial charge on any atom is -0.497 e. The van der Waals surface area contributed by atoms with E-state index in [0.717, 1.165) is 0 Å². The van der Waals surface area contributed by atoms with Crippen LogP contribution in [0.5, 0.6) is 17.2 Å². The average Bonchev–Trinajstić information content (AvgIpc) is 3.00. The molecule has 0 aliphatic carbocycles. The summed E-state index contributed by atoms with van der Waals surface area (Å²) in [6.45, 7) is 1.36. The molecule has 206 valence electrons. The van der Waals surface area contributed by atoms with Crippen molar-refractivity contribution in [1.29, 1.82) is 0 Å². The molecule has 0 N–H and O–H groups in total. The molecule has 0 atom stereocenters. The van der Waals surface area contributed by atoms with E-state index in [9.17, 15) is 14.4 Å². The molecule has 0 bridgehead atoms. The van der Waals surface area contributed by atoms with Gasteiger partial charge in [-0.1, -0.05) is 13.0 Å². The van der Waals surface area contributed by atoms with Gasteiger partial charge in [-0.15, -0.1) is 0 Å². The minimum atomic E-state index is -1.00. The van der Waals surface area contributed by atoms with E-state index in [1.807, 2.05) is 6.92 Å². The number of esters is 3. The lowest BCUT2D eigenvalue weighted by atomic mass is 9.88. The number of hydrogen-bond acceptors (Lipinski definition) is 9. The van der Waals surface area contributed by atoms with E-state index in [-0.39, 0.29) is 19.8 Å². The largest absolute Gasteiger partial charge is 0.497 e. The van der Waals surface area contributed by atoms with Gasteiger partial charge in [0.2, 0.25) is 0 Å². The first kappa shape index (κ1) is 29.0. The summed E-state index contributed by atoms with van der Waals surface area (Å²) in [4.78, 5) is 38.3. The van der Waals surface area contributed by atoms with E-state index < -0.39 is 23.3 Å². The molecule has 39 heavy (non-hydrogen) atoms. The number of methoxy groups -OCH3 is 3. The predicted molar refractivity (Wildman–Crippen MR) is 143 cm³/mol. The summed E-state index contributed by atoms with van der Waals surface area (Å²) < 4.78 is 32.2. The number of rotatable bonds is 13. The molecule has 0 unspecified atom stereocenters. The summed E-state index contributed by atoms with van der Waals surface area (Å²) in [5.41, 5.74) is -0.0580. The fourth-order valence-corrected chi connectivity index (χ4v) is 3.54. The summed E-state index contributed by atoms with van der Waals surface area (Å²) >= 11 is 0. The van der Waals surface area contributed by atoms with Crippen LogP contribution in [0.4, 0.5) is 0 Å². The van der Waals surface area contributed by atoms with Crippen LogP contribution in [0.3, 0.4) is 0 Å².